The molecular weight excluding hydrogens is 261 g/mol. The van der Waals surface area contributed by atoms with Crippen molar-refractivity contribution in [2.45, 2.75) is 13.8 Å². The van der Waals surface area contributed by atoms with Gasteiger partial charge in [-0.1, -0.05) is 6.07 Å². The van der Waals surface area contributed by atoms with Crippen molar-refractivity contribution in [3.8, 4) is 11.8 Å². The highest BCUT2D eigenvalue weighted by Gasteiger charge is 2.17. The summed E-state index contributed by atoms with van der Waals surface area (Å²) in [5, 5.41) is 13.1. The molecule has 0 amide bonds. The fourth-order valence-electron chi connectivity index (χ4n) is 1.82. The molecule has 5 nitrogen and oxygen atoms in total. The van der Waals surface area contributed by atoms with Gasteiger partial charge in [-0.3, -0.25) is 0 Å². The number of ether oxygens (including phenoxy) is 1. The number of rotatable bonds is 3. The van der Waals surface area contributed by atoms with Gasteiger partial charge in [0.25, 0.3) is 0 Å². The minimum atomic E-state index is -0.627. The van der Waals surface area contributed by atoms with Gasteiger partial charge in [0.1, 0.15) is 17.4 Å². The van der Waals surface area contributed by atoms with Crippen LogP contribution in [-0.2, 0) is 4.74 Å². The van der Waals surface area contributed by atoms with E-state index in [4.69, 9.17) is 10.00 Å². The van der Waals surface area contributed by atoms with Crippen molar-refractivity contribution in [2.75, 3.05) is 6.61 Å². The van der Waals surface area contributed by atoms with Gasteiger partial charge in [-0.15, -0.1) is 0 Å². The number of nitriles is 1. The molecule has 0 atom stereocenters. The highest BCUT2D eigenvalue weighted by molar-refractivity contribution is 5.87. The Labute approximate surface area is 115 Å². The molecule has 2 rings (SSSR count). The lowest BCUT2D eigenvalue weighted by Crippen LogP contribution is -2.08. The monoisotopic (exact) mass is 273 g/mol. The predicted octanol–water partition coefficient (Wildman–Crippen LogP) is 2.37. The van der Waals surface area contributed by atoms with Gasteiger partial charge in [-0.25, -0.2) is 13.9 Å². The maximum Gasteiger partial charge on any atom is 0.358 e. The normalized spacial score (nSPS) is 10.1. The Morgan fingerprint density at radius 3 is 2.95 bits per heavy atom. The van der Waals surface area contributed by atoms with Gasteiger partial charge in [0.2, 0.25) is 0 Å². The Morgan fingerprint density at radius 2 is 2.30 bits per heavy atom. The lowest BCUT2D eigenvalue weighted by molar-refractivity contribution is 0.0519. The summed E-state index contributed by atoms with van der Waals surface area (Å²) in [6.45, 7) is 3.65. The topological polar surface area (TPSA) is 67.9 Å². The van der Waals surface area contributed by atoms with E-state index in [0.717, 1.165) is 0 Å². The summed E-state index contributed by atoms with van der Waals surface area (Å²) in [6, 6.07) is 7.58. The zero-order valence-corrected chi connectivity index (χ0v) is 11.1. The lowest BCUT2D eigenvalue weighted by Gasteiger charge is -2.06. The van der Waals surface area contributed by atoms with E-state index >= 15 is 0 Å². The summed E-state index contributed by atoms with van der Waals surface area (Å²) in [6.07, 6.45) is 0. The van der Waals surface area contributed by atoms with E-state index in [1.807, 2.05) is 0 Å². The number of carbonyl (C=O) groups is 1. The summed E-state index contributed by atoms with van der Waals surface area (Å²) >= 11 is 0. The number of hydrogen-bond acceptors (Lipinski definition) is 4. The number of carbonyl (C=O) groups excluding carboxylic acids is 1. The number of nitrogens with zero attached hydrogens (tertiary/aromatic N) is 3. The molecule has 1 aromatic heterocycles. The average Bonchev–Trinajstić information content (AvgIpc) is 2.81. The molecule has 0 unspecified atom stereocenters. The van der Waals surface area contributed by atoms with E-state index in [1.54, 1.807) is 26.0 Å². The van der Waals surface area contributed by atoms with Crippen LogP contribution in [0.4, 0.5) is 4.39 Å². The summed E-state index contributed by atoms with van der Waals surface area (Å²) in [5.74, 6) is -1.18. The van der Waals surface area contributed by atoms with Crippen LogP contribution in [0, 0.1) is 24.1 Å². The zero-order chi connectivity index (χ0) is 14.7. The van der Waals surface area contributed by atoms with E-state index in [-0.39, 0.29) is 17.9 Å². The van der Waals surface area contributed by atoms with Crippen LogP contribution < -0.4 is 0 Å². The first kappa shape index (κ1) is 13.7. The van der Waals surface area contributed by atoms with Crippen molar-refractivity contribution < 1.29 is 13.9 Å². The van der Waals surface area contributed by atoms with Gasteiger partial charge in [0.05, 0.1) is 12.3 Å². The van der Waals surface area contributed by atoms with Crippen LogP contribution in [0.5, 0.6) is 0 Å². The Kier molecular flexibility index (Phi) is 3.80. The predicted molar refractivity (Wildman–Crippen MR) is 68.9 cm³/mol. The van der Waals surface area contributed by atoms with E-state index in [9.17, 15) is 9.18 Å². The van der Waals surface area contributed by atoms with Crippen LogP contribution in [0.25, 0.3) is 5.69 Å². The number of hydrogen-bond donors (Lipinski definition) is 0. The number of halogens is 1. The molecule has 102 valence electrons. The van der Waals surface area contributed by atoms with Crippen LogP contribution >= 0.6 is 0 Å². The van der Waals surface area contributed by atoms with Gasteiger partial charge in [-0.2, -0.15) is 10.4 Å². The summed E-state index contributed by atoms with van der Waals surface area (Å²) in [4.78, 5) is 11.6. The second-order valence-corrected chi connectivity index (χ2v) is 4.05. The number of aromatic nitrogens is 2. The molecule has 20 heavy (non-hydrogen) atoms. The average molecular weight is 273 g/mol. The number of aryl methyl sites for hydroxylation is 1. The molecule has 0 fully saturated rings. The fraction of sp³-hybridized carbons (Fsp3) is 0.214. The first-order chi connectivity index (χ1) is 9.58. The van der Waals surface area contributed by atoms with Gasteiger partial charge >= 0.3 is 5.97 Å². The van der Waals surface area contributed by atoms with Crippen molar-refractivity contribution in [1.82, 2.24) is 9.78 Å². The van der Waals surface area contributed by atoms with Crippen molar-refractivity contribution in [3.63, 3.8) is 0 Å². The Hall–Kier alpha value is -2.68. The first-order valence-corrected chi connectivity index (χ1v) is 6.01. The molecule has 2 aromatic rings. The third-order valence-electron chi connectivity index (χ3n) is 2.70. The molecule has 6 heteroatoms. The molecule has 0 aliphatic carbocycles. The second kappa shape index (κ2) is 5.53. The fourth-order valence-corrected chi connectivity index (χ4v) is 1.82. The van der Waals surface area contributed by atoms with Gasteiger partial charge in [-0.05, 0) is 32.0 Å². The third-order valence-corrected chi connectivity index (χ3v) is 2.70. The molecule has 0 spiro atoms. The van der Waals surface area contributed by atoms with Crippen LogP contribution in [0.3, 0.4) is 0 Å². The van der Waals surface area contributed by atoms with Crippen LogP contribution in [0.2, 0.25) is 0 Å². The molecule has 0 aliphatic rings. The van der Waals surface area contributed by atoms with Crippen molar-refractivity contribution >= 4 is 5.97 Å². The molecule has 1 aromatic carbocycles. The second-order valence-electron chi connectivity index (χ2n) is 4.05. The smallest absolute Gasteiger partial charge is 0.358 e. The highest BCUT2D eigenvalue weighted by Crippen LogP contribution is 2.19. The number of benzene rings is 1. The first-order valence-electron chi connectivity index (χ1n) is 6.01. The van der Waals surface area contributed by atoms with E-state index in [1.165, 1.54) is 22.9 Å². The Balaban J connectivity index is 2.52. The number of esters is 1. The van der Waals surface area contributed by atoms with Crippen LogP contribution in [-0.4, -0.2) is 22.4 Å². The van der Waals surface area contributed by atoms with Gasteiger partial charge in [0, 0.05) is 5.69 Å². The highest BCUT2D eigenvalue weighted by atomic mass is 19.1. The molecule has 0 aliphatic heterocycles. The van der Waals surface area contributed by atoms with Gasteiger partial charge < -0.3 is 4.74 Å². The van der Waals surface area contributed by atoms with E-state index < -0.39 is 11.8 Å². The molecule has 0 N–H and O–H groups in total. The third kappa shape index (κ3) is 2.38. The van der Waals surface area contributed by atoms with Crippen molar-refractivity contribution in [2.24, 2.45) is 0 Å². The van der Waals surface area contributed by atoms with Crippen molar-refractivity contribution in [3.05, 3.63) is 47.0 Å². The molecular formula is C14H12FN3O2. The largest absolute Gasteiger partial charge is 0.461 e. The summed E-state index contributed by atoms with van der Waals surface area (Å²) in [5.41, 5.74) is 0.905. The Morgan fingerprint density at radius 1 is 1.55 bits per heavy atom. The Bertz CT molecular complexity index is 701. The molecule has 1 heterocycles. The van der Waals surface area contributed by atoms with Crippen LogP contribution in [0.1, 0.15) is 28.7 Å². The van der Waals surface area contributed by atoms with Gasteiger partial charge in [0.15, 0.2) is 5.69 Å². The quantitative estimate of drug-likeness (QED) is 0.805. The molecule has 0 saturated heterocycles. The van der Waals surface area contributed by atoms with E-state index in [2.05, 4.69) is 5.10 Å². The molecule has 0 radical (unpaired) electrons. The SMILES string of the molecule is CCOC(=O)c1cc(C)n(-c2cccc(F)c2C#N)n1. The summed E-state index contributed by atoms with van der Waals surface area (Å²) < 4.78 is 19.8. The van der Waals surface area contributed by atoms with Crippen molar-refractivity contribution in [1.29, 1.82) is 5.26 Å². The summed E-state index contributed by atoms with van der Waals surface area (Å²) in [7, 11) is 0. The molecule has 0 bridgehead atoms. The van der Waals surface area contributed by atoms with Crippen LogP contribution in [0.15, 0.2) is 24.3 Å². The molecule has 0 saturated carbocycles. The lowest BCUT2D eigenvalue weighted by atomic mass is 10.2. The minimum absolute atomic E-state index is 0.117. The minimum Gasteiger partial charge on any atom is -0.461 e. The maximum atomic E-state index is 13.6. The maximum absolute atomic E-state index is 13.6. The standard InChI is InChI=1S/C14H12FN3O2/c1-3-20-14(19)12-7-9(2)18(17-12)13-6-4-5-11(15)10(13)8-16/h4-7H,3H2,1-2H3. The zero-order valence-electron chi connectivity index (χ0n) is 11.1. The van der Waals surface area contributed by atoms with E-state index in [0.29, 0.717) is 11.4 Å².